The third-order valence-electron chi connectivity index (χ3n) is 5.34. The van der Waals surface area contributed by atoms with Crippen LogP contribution in [0.5, 0.6) is 0 Å². The van der Waals surface area contributed by atoms with Crippen molar-refractivity contribution >= 4 is 33.4 Å². The molecule has 0 bridgehead atoms. The smallest absolute Gasteiger partial charge is 0.260 e. The van der Waals surface area contributed by atoms with Crippen LogP contribution < -0.4 is 16.0 Å². The van der Waals surface area contributed by atoms with Crippen molar-refractivity contribution in [3.8, 4) is 0 Å². The van der Waals surface area contributed by atoms with Crippen molar-refractivity contribution in [2.45, 2.75) is 24.7 Å². The standard InChI is InChI=1S/C23H34N6O6S/c1-2-3-8-25-23-26-17-20(21(28-23)24-9-13-34-16-12-30)22(31)27-18-4-6-19(7-5-18)36(32,33)29-10-14-35-15-11-29/h4-7,17,30H,2-3,8-16H2,1H3,(H,27,31)(H2,24,25,26,28). The molecule has 198 valence electrons. The molecule has 3 rings (SSSR count). The van der Waals surface area contributed by atoms with Crippen molar-refractivity contribution < 1.29 is 27.8 Å². The predicted molar refractivity (Wildman–Crippen MR) is 136 cm³/mol. The Morgan fingerprint density at radius 1 is 1.14 bits per heavy atom. The average molecular weight is 523 g/mol. The van der Waals surface area contributed by atoms with E-state index < -0.39 is 15.9 Å². The van der Waals surface area contributed by atoms with Gasteiger partial charge in [0.2, 0.25) is 16.0 Å². The lowest BCUT2D eigenvalue weighted by atomic mass is 10.2. The molecule has 12 nitrogen and oxygen atoms in total. The number of aromatic nitrogens is 2. The zero-order chi connectivity index (χ0) is 25.8. The second kappa shape index (κ2) is 14.0. The zero-order valence-corrected chi connectivity index (χ0v) is 21.2. The highest BCUT2D eigenvalue weighted by Crippen LogP contribution is 2.21. The van der Waals surface area contributed by atoms with E-state index in [1.165, 1.54) is 22.6 Å². The Hall–Kier alpha value is -2.84. The van der Waals surface area contributed by atoms with E-state index in [1.807, 2.05) is 0 Å². The van der Waals surface area contributed by atoms with Crippen molar-refractivity contribution in [3.05, 3.63) is 36.0 Å². The number of sulfonamides is 1. The summed E-state index contributed by atoms with van der Waals surface area (Å²) < 4.78 is 37.5. The lowest BCUT2D eigenvalue weighted by molar-refractivity contribution is 0.0730. The van der Waals surface area contributed by atoms with Crippen LogP contribution in [0.4, 0.5) is 17.5 Å². The van der Waals surface area contributed by atoms with Crippen molar-refractivity contribution in [1.29, 1.82) is 0 Å². The first kappa shape index (κ1) is 27.7. The van der Waals surface area contributed by atoms with Crippen LogP contribution in [0, 0.1) is 0 Å². The molecular formula is C23H34N6O6S. The summed E-state index contributed by atoms with van der Waals surface area (Å²) in [5, 5.41) is 17.8. The number of aliphatic hydroxyl groups excluding tert-OH is 1. The number of nitrogens with one attached hydrogen (secondary N) is 3. The molecule has 0 unspecified atom stereocenters. The van der Waals surface area contributed by atoms with Crippen LogP contribution in [0.1, 0.15) is 30.1 Å². The van der Waals surface area contributed by atoms with Gasteiger partial charge >= 0.3 is 0 Å². The van der Waals surface area contributed by atoms with Gasteiger partial charge in [0.1, 0.15) is 11.4 Å². The Labute approximate surface area is 211 Å². The van der Waals surface area contributed by atoms with Gasteiger partial charge in [-0.2, -0.15) is 9.29 Å². The zero-order valence-electron chi connectivity index (χ0n) is 20.4. The van der Waals surface area contributed by atoms with Crippen LogP contribution in [0.25, 0.3) is 0 Å². The third kappa shape index (κ3) is 7.83. The number of benzene rings is 1. The number of unbranched alkanes of at least 4 members (excludes halogenated alkanes) is 1. The molecule has 0 spiro atoms. The molecule has 1 aromatic carbocycles. The van der Waals surface area contributed by atoms with Crippen LogP contribution in [0.2, 0.25) is 0 Å². The van der Waals surface area contributed by atoms with Crippen molar-refractivity contribution in [2.75, 3.05) is 75.2 Å². The van der Waals surface area contributed by atoms with Crippen LogP contribution in [-0.2, 0) is 19.5 Å². The summed E-state index contributed by atoms with van der Waals surface area (Å²) in [5.74, 6) is 0.287. The number of hydrogen-bond acceptors (Lipinski definition) is 10. The minimum atomic E-state index is -3.62. The molecule has 36 heavy (non-hydrogen) atoms. The van der Waals surface area contributed by atoms with Gasteiger partial charge in [0.05, 0.1) is 37.9 Å². The Morgan fingerprint density at radius 3 is 2.58 bits per heavy atom. The molecule has 4 N–H and O–H groups in total. The first-order valence-corrected chi connectivity index (χ1v) is 13.4. The third-order valence-corrected chi connectivity index (χ3v) is 7.25. The van der Waals surface area contributed by atoms with Gasteiger partial charge < -0.3 is 30.5 Å². The first-order valence-electron chi connectivity index (χ1n) is 12.0. The minimum Gasteiger partial charge on any atom is -0.394 e. The lowest BCUT2D eigenvalue weighted by Crippen LogP contribution is -2.40. The molecule has 0 radical (unpaired) electrons. The number of hydrogen-bond donors (Lipinski definition) is 4. The maximum atomic E-state index is 13.0. The van der Waals surface area contributed by atoms with Gasteiger partial charge in [0, 0.05) is 38.1 Å². The molecule has 1 aliphatic heterocycles. The maximum Gasteiger partial charge on any atom is 0.260 e. The van der Waals surface area contributed by atoms with Crippen molar-refractivity contribution in [2.24, 2.45) is 0 Å². The molecule has 1 saturated heterocycles. The lowest BCUT2D eigenvalue weighted by Gasteiger charge is -2.26. The van der Waals surface area contributed by atoms with Crippen LogP contribution >= 0.6 is 0 Å². The number of amides is 1. The maximum absolute atomic E-state index is 13.0. The van der Waals surface area contributed by atoms with Gasteiger partial charge in [-0.25, -0.2) is 13.4 Å². The van der Waals surface area contributed by atoms with E-state index in [-0.39, 0.29) is 23.7 Å². The average Bonchev–Trinajstić information content (AvgIpc) is 2.89. The molecule has 0 saturated carbocycles. The van der Waals surface area contributed by atoms with Crippen molar-refractivity contribution in [1.82, 2.24) is 14.3 Å². The summed E-state index contributed by atoms with van der Waals surface area (Å²) in [4.78, 5) is 21.8. The fourth-order valence-electron chi connectivity index (χ4n) is 3.40. The van der Waals surface area contributed by atoms with Gasteiger partial charge in [-0.1, -0.05) is 13.3 Å². The number of aliphatic hydroxyl groups is 1. The fourth-order valence-corrected chi connectivity index (χ4v) is 4.81. The number of anilines is 3. The van der Waals surface area contributed by atoms with Crippen LogP contribution in [0.3, 0.4) is 0 Å². The summed E-state index contributed by atoms with van der Waals surface area (Å²) in [6.45, 7) is 5.00. The Morgan fingerprint density at radius 2 is 1.89 bits per heavy atom. The molecule has 13 heteroatoms. The van der Waals surface area contributed by atoms with E-state index in [2.05, 4.69) is 32.8 Å². The monoisotopic (exact) mass is 522 g/mol. The van der Waals surface area contributed by atoms with E-state index in [4.69, 9.17) is 14.6 Å². The number of ether oxygens (including phenoxy) is 2. The Kier molecular flexibility index (Phi) is 10.8. The number of rotatable bonds is 14. The summed E-state index contributed by atoms with van der Waals surface area (Å²) >= 11 is 0. The van der Waals surface area contributed by atoms with E-state index in [1.54, 1.807) is 12.1 Å². The molecule has 2 aromatic rings. The molecule has 1 fully saturated rings. The fraction of sp³-hybridized carbons (Fsp3) is 0.522. The van der Waals surface area contributed by atoms with E-state index >= 15 is 0 Å². The highest BCUT2D eigenvalue weighted by molar-refractivity contribution is 7.89. The van der Waals surface area contributed by atoms with Gasteiger partial charge in [0.15, 0.2) is 0 Å². The topological polar surface area (TPSA) is 155 Å². The largest absolute Gasteiger partial charge is 0.394 e. The molecule has 0 aliphatic carbocycles. The van der Waals surface area contributed by atoms with Gasteiger partial charge in [-0.3, -0.25) is 4.79 Å². The van der Waals surface area contributed by atoms with Gasteiger partial charge in [-0.05, 0) is 30.7 Å². The molecular weight excluding hydrogens is 488 g/mol. The number of morpholine rings is 1. The van der Waals surface area contributed by atoms with Gasteiger partial charge in [0.25, 0.3) is 5.91 Å². The number of nitrogens with zero attached hydrogens (tertiary/aromatic N) is 3. The predicted octanol–water partition coefficient (Wildman–Crippen LogP) is 1.38. The number of carbonyl (C=O) groups excluding carboxylic acids is 1. The summed E-state index contributed by atoms with van der Waals surface area (Å²) in [6, 6.07) is 6.02. The second-order valence-electron chi connectivity index (χ2n) is 7.99. The summed E-state index contributed by atoms with van der Waals surface area (Å²) in [6.07, 6.45) is 3.42. The molecule has 2 heterocycles. The SMILES string of the molecule is CCCCNc1ncc(C(=O)Nc2ccc(S(=O)(=O)N3CCOCC3)cc2)c(NCCOCCO)n1. The van der Waals surface area contributed by atoms with E-state index in [9.17, 15) is 13.2 Å². The van der Waals surface area contributed by atoms with Crippen LogP contribution in [-0.4, -0.2) is 92.9 Å². The van der Waals surface area contributed by atoms with Crippen molar-refractivity contribution in [3.63, 3.8) is 0 Å². The normalized spacial score (nSPS) is 14.4. The summed E-state index contributed by atoms with van der Waals surface area (Å²) in [7, 11) is -3.62. The van der Waals surface area contributed by atoms with Crippen LogP contribution in [0.15, 0.2) is 35.4 Å². The first-order chi connectivity index (χ1) is 17.5. The Bertz CT molecular complexity index is 1080. The second-order valence-corrected chi connectivity index (χ2v) is 9.93. The molecule has 1 aromatic heterocycles. The highest BCUT2D eigenvalue weighted by Gasteiger charge is 2.26. The van der Waals surface area contributed by atoms with E-state index in [0.717, 1.165) is 12.8 Å². The van der Waals surface area contributed by atoms with E-state index in [0.29, 0.717) is 63.5 Å². The highest BCUT2D eigenvalue weighted by atomic mass is 32.2. The molecule has 1 amide bonds. The quantitative estimate of drug-likeness (QED) is 0.267. The molecule has 1 aliphatic rings. The number of carbonyl (C=O) groups is 1. The Balaban J connectivity index is 1.70. The van der Waals surface area contributed by atoms with Gasteiger partial charge in [-0.15, -0.1) is 0 Å². The summed E-state index contributed by atoms with van der Waals surface area (Å²) in [5.41, 5.74) is 0.659. The minimum absolute atomic E-state index is 0.0702. The molecule has 0 atom stereocenters.